The van der Waals surface area contributed by atoms with Crippen LogP contribution in [0.15, 0.2) is 48.5 Å². The second kappa shape index (κ2) is 9.60. The van der Waals surface area contributed by atoms with Gasteiger partial charge in [0.2, 0.25) is 0 Å². The molecule has 0 atom stereocenters. The van der Waals surface area contributed by atoms with Crippen molar-refractivity contribution in [2.24, 2.45) is 5.92 Å². The molecule has 3 heteroatoms. The summed E-state index contributed by atoms with van der Waals surface area (Å²) >= 11 is 0. The molecule has 4 rings (SSSR count). The molecule has 0 bridgehead atoms. The Morgan fingerprint density at radius 1 is 0.935 bits per heavy atom. The van der Waals surface area contributed by atoms with Crippen LogP contribution in [0.3, 0.4) is 0 Å². The molecule has 3 aromatic rings. The zero-order valence-electron chi connectivity index (χ0n) is 18.1. The van der Waals surface area contributed by atoms with Crippen LogP contribution in [0.25, 0.3) is 21.9 Å². The first kappa shape index (κ1) is 21.5. The molecule has 1 aliphatic carbocycles. The van der Waals surface area contributed by atoms with E-state index in [1.54, 1.807) is 18.2 Å². The van der Waals surface area contributed by atoms with Crippen molar-refractivity contribution >= 4 is 10.8 Å². The van der Waals surface area contributed by atoms with Gasteiger partial charge in [0.1, 0.15) is 17.7 Å². The van der Waals surface area contributed by atoms with Crippen molar-refractivity contribution in [3.63, 3.8) is 0 Å². The topological polar surface area (TPSA) is 23.8 Å². The fourth-order valence-corrected chi connectivity index (χ4v) is 5.03. The average molecular weight is 418 g/mol. The van der Waals surface area contributed by atoms with Crippen LogP contribution in [0.4, 0.5) is 8.78 Å². The zero-order valence-corrected chi connectivity index (χ0v) is 18.1. The molecule has 0 heterocycles. The first-order valence-corrected chi connectivity index (χ1v) is 11.5. The first-order valence-electron chi connectivity index (χ1n) is 11.5. The third kappa shape index (κ3) is 4.64. The highest BCUT2D eigenvalue weighted by atomic mass is 19.1. The number of nitriles is 1. The molecule has 0 radical (unpaired) electrons. The molecule has 0 amide bonds. The van der Waals surface area contributed by atoms with Crippen LogP contribution in [-0.4, -0.2) is 0 Å². The minimum atomic E-state index is -0.625. The van der Waals surface area contributed by atoms with Crippen LogP contribution >= 0.6 is 0 Å². The highest BCUT2D eigenvalue weighted by molar-refractivity contribution is 5.89. The van der Waals surface area contributed by atoms with E-state index in [9.17, 15) is 4.39 Å². The summed E-state index contributed by atoms with van der Waals surface area (Å²) in [5.41, 5.74) is 2.07. The Morgan fingerprint density at radius 2 is 1.74 bits per heavy atom. The standard InChI is InChI=1S/C28H29F2N/c1-2-3-4-5-19-6-8-20(9-7-19)21-12-14-25-22(16-21)13-15-26(28(25)30)23-10-11-24(18-31)27(29)17-23/h10-17,19-20H,2-9H2,1H3. The fourth-order valence-electron chi connectivity index (χ4n) is 5.03. The van der Waals surface area contributed by atoms with Gasteiger partial charge < -0.3 is 0 Å². The monoisotopic (exact) mass is 417 g/mol. The van der Waals surface area contributed by atoms with Gasteiger partial charge in [0.25, 0.3) is 0 Å². The zero-order chi connectivity index (χ0) is 21.8. The van der Waals surface area contributed by atoms with Crippen molar-refractivity contribution < 1.29 is 8.78 Å². The van der Waals surface area contributed by atoms with Crippen molar-refractivity contribution in [3.8, 4) is 17.2 Å². The molecular formula is C28H29F2N. The van der Waals surface area contributed by atoms with E-state index >= 15 is 4.39 Å². The first-order chi connectivity index (χ1) is 15.1. The lowest BCUT2D eigenvalue weighted by Gasteiger charge is -2.29. The van der Waals surface area contributed by atoms with E-state index in [0.29, 0.717) is 22.4 Å². The quantitative estimate of drug-likeness (QED) is 0.369. The molecule has 0 aromatic heterocycles. The summed E-state index contributed by atoms with van der Waals surface area (Å²) in [6, 6.07) is 15.7. The van der Waals surface area contributed by atoms with Crippen molar-refractivity contribution in [1.29, 1.82) is 5.26 Å². The van der Waals surface area contributed by atoms with E-state index in [4.69, 9.17) is 5.26 Å². The van der Waals surface area contributed by atoms with Crippen molar-refractivity contribution in [2.75, 3.05) is 0 Å². The minimum Gasteiger partial charge on any atom is -0.206 e. The van der Waals surface area contributed by atoms with E-state index in [2.05, 4.69) is 19.1 Å². The predicted molar refractivity (Wildman–Crippen MR) is 123 cm³/mol. The molecule has 31 heavy (non-hydrogen) atoms. The van der Waals surface area contributed by atoms with Gasteiger partial charge in [-0.1, -0.05) is 69.0 Å². The van der Waals surface area contributed by atoms with Gasteiger partial charge >= 0.3 is 0 Å². The van der Waals surface area contributed by atoms with Gasteiger partial charge in [0.15, 0.2) is 0 Å². The lowest BCUT2D eigenvalue weighted by molar-refractivity contribution is 0.303. The van der Waals surface area contributed by atoms with Crippen molar-refractivity contribution in [2.45, 2.75) is 64.2 Å². The average Bonchev–Trinajstić information content (AvgIpc) is 2.80. The van der Waals surface area contributed by atoms with Gasteiger partial charge in [-0.05, 0) is 66.2 Å². The van der Waals surface area contributed by atoms with Crippen LogP contribution in [-0.2, 0) is 0 Å². The van der Waals surface area contributed by atoms with Gasteiger partial charge in [-0.25, -0.2) is 8.78 Å². The molecule has 0 N–H and O–H groups in total. The summed E-state index contributed by atoms with van der Waals surface area (Å²) in [5, 5.41) is 10.3. The molecule has 1 saturated carbocycles. The molecule has 0 aliphatic heterocycles. The van der Waals surface area contributed by atoms with Gasteiger partial charge in [-0.2, -0.15) is 5.26 Å². The largest absolute Gasteiger partial charge is 0.206 e. The van der Waals surface area contributed by atoms with Crippen LogP contribution in [0, 0.1) is 28.9 Å². The summed E-state index contributed by atoms with van der Waals surface area (Å²) < 4.78 is 29.3. The summed E-state index contributed by atoms with van der Waals surface area (Å²) in [5.74, 6) is 0.464. The van der Waals surface area contributed by atoms with E-state index in [1.165, 1.54) is 69.1 Å². The molecule has 0 saturated heterocycles. The Bertz CT molecular complexity index is 1100. The fraction of sp³-hybridized carbons (Fsp3) is 0.393. The number of benzene rings is 3. The molecule has 0 spiro atoms. The number of unbranched alkanes of at least 4 members (excludes halogenated alkanes) is 2. The number of hydrogen-bond donors (Lipinski definition) is 0. The third-order valence-electron chi connectivity index (χ3n) is 6.91. The molecular weight excluding hydrogens is 388 g/mol. The van der Waals surface area contributed by atoms with Gasteiger partial charge in [0, 0.05) is 10.9 Å². The van der Waals surface area contributed by atoms with Gasteiger partial charge in [-0.3, -0.25) is 0 Å². The molecule has 3 aromatic carbocycles. The highest BCUT2D eigenvalue weighted by Crippen LogP contribution is 2.39. The third-order valence-corrected chi connectivity index (χ3v) is 6.91. The SMILES string of the molecule is CCCCCC1CCC(c2ccc3c(F)c(-c4ccc(C#N)c(F)c4)ccc3c2)CC1. The number of rotatable bonds is 6. The Labute approximate surface area is 183 Å². The smallest absolute Gasteiger partial charge is 0.141 e. The van der Waals surface area contributed by atoms with E-state index in [0.717, 1.165) is 11.3 Å². The van der Waals surface area contributed by atoms with E-state index < -0.39 is 5.82 Å². The van der Waals surface area contributed by atoms with Gasteiger partial charge in [0.05, 0.1) is 5.56 Å². The second-order valence-electron chi connectivity index (χ2n) is 8.93. The summed E-state index contributed by atoms with van der Waals surface area (Å²) in [6.45, 7) is 2.26. The van der Waals surface area contributed by atoms with Crippen LogP contribution in [0.2, 0.25) is 0 Å². The summed E-state index contributed by atoms with van der Waals surface area (Å²) in [7, 11) is 0. The number of hydrogen-bond acceptors (Lipinski definition) is 1. The molecule has 160 valence electrons. The second-order valence-corrected chi connectivity index (χ2v) is 8.93. The predicted octanol–water partition coefficient (Wildman–Crippen LogP) is 8.51. The lowest BCUT2D eigenvalue weighted by atomic mass is 9.76. The maximum absolute atomic E-state index is 15.3. The Hall–Kier alpha value is -2.73. The Kier molecular flexibility index (Phi) is 6.66. The normalized spacial score (nSPS) is 18.8. The van der Waals surface area contributed by atoms with Gasteiger partial charge in [-0.15, -0.1) is 0 Å². The Balaban J connectivity index is 1.53. The minimum absolute atomic E-state index is 0.0327. The maximum Gasteiger partial charge on any atom is 0.141 e. The number of nitrogens with zero attached hydrogens (tertiary/aromatic N) is 1. The lowest BCUT2D eigenvalue weighted by Crippen LogP contribution is -2.13. The van der Waals surface area contributed by atoms with Crippen LogP contribution in [0.1, 0.15) is 75.3 Å². The highest BCUT2D eigenvalue weighted by Gasteiger charge is 2.22. The molecule has 0 unspecified atom stereocenters. The van der Waals surface area contributed by atoms with Crippen LogP contribution < -0.4 is 0 Å². The van der Waals surface area contributed by atoms with Crippen molar-refractivity contribution in [1.82, 2.24) is 0 Å². The molecule has 1 nitrogen and oxygen atoms in total. The maximum atomic E-state index is 15.3. The summed E-state index contributed by atoms with van der Waals surface area (Å²) in [6.07, 6.45) is 10.4. The molecule has 1 aliphatic rings. The Morgan fingerprint density at radius 3 is 2.45 bits per heavy atom. The summed E-state index contributed by atoms with van der Waals surface area (Å²) in [4.78, 5) is 0. The van der Waals surface area contributed by atoms with E-state index in [-0.39, 0.29) is 11.4 Å². The van der Waals surface area contributed by atoms with Crippen molar-refractivity contribution in [3.05, 3.63) is 71.3 Å². The number of fused-ring (bicyclic) bond motifs is 1. The van der Waals surface area contributed by atoms with E-state index in [1.807, 2.05) is 12.1 Å². The molecule has 1 fully saturated rings. The number of halogens is 2. The van der Waals surface area contributed by atoms with Crippen LogP contribution in [0.5, 0.6) is 0 Å².